The van der Waals surface area contributed by atoms with Crippen LogP contribution < -0.4 is 5.32 Å². The van der Waals surface area contributed by atoms with E-state index in [4.69, 9.17) is 9.47 Å². The van der Waals surface area contributed by atoms with Gasteiger partial charge in [0.05, 0.1) is 0 Å². The van der Waals surface area contributed by atoms with Gasteiger partial charge in [0, 0.05) is 0 Å². The van der Waals surface area contributed by atoms with Gasteiger partial charge in [0.1, 0.15) is 0 Å². The fourth-order valence-corrected chi connectivity index (χ4v) is 28.5. The first kappa shape index (κ1) is 34.5. The number of amides is 1. The molecule has 0 saturated carbocycles. The molecule has 0 radical (unpaired) electrons. The van der Waals surface area contributed by atoms with Crippen LogP contribution in [0.25, 0.3) is 0 Å². The van der Waals surface area contributed by atoms with Crippen molar-refractivity contribution in [3.05, 3.63) is 9.67 Å². The topological polar surface area (TPSA) is 64.6 Å². The third kappa shape index (κ3) is 11.2. The van der Waals surface area contributed by atoms with Gasteiger partial charge in [-0.2, -0.15) is 0 Å². The van der Waals surface area contributed by atoms with Crippen molar-refractivity contribution in [2.75, 3.05) is 7.11 Å². The standard InChI is InChI=1S/C16H30NO4Si.3C4H9.Sn/c1-15(2,3)21-14(19)17-12(10-11-13(18)20-7)22(8,9)16(4,5)6;3*1-3-4-2;/h11-12H,1-9H3,(H,17,19);3*1,3-4H2,2H3;/t12-;;;;/m0..../s1. The molecule has 0 unspecified atom stereocenters. The van der Waals surface area contributed by atoms with Crippen LogP contribution in [-0.2, 0) is 14.3 Å². The zero-order chi connectivity index (χ0) is 27.5. The van der Waals surface area contributed by atoms with Gasteiger partial charge in [-0.05, 0) is 0 Å². The van der Waals surface area contributed by atoms with Crippen LogP contribution in [0.5, 0.6) is 0 Å². The second-order valence-electron chi connectivity index (χ2n) is 12.8. The van der Waals surface area contributed by atoms with Crippen LogP contribution in [0.1, 0.15) is 101 Å². The van der Waals surface area contributed by atoms with Gasteiger partial charge in [0.25, 0.3) is 0 Å². The van der Waals surface area contributed by atoms with Gasteiger partial charge in [-0.15, -0.1) is 0 Å². The minimum atomic E-state index is -3.12. The molecule has 0 bridgehead atoms. The summed E-state index contributed by atoms with van der Waals surface area (Å²) in [7, 11) is -0.719. The monoisotopic (exact) mass is 619 g/mol. The van der Waals surface area contributed by atoms with Gasteiger partial charge in [-0.3, -0.25) is 0 Å². The predicted molar refractivity (Wildman–Crippen MR) is 155 cm³/mol. The predicted octanol–water partition coefficient (Wildman–Crippen LogP) is 8.42. The van der Waals surface area contributed by atoms with Crippen molar-refractivity contribution in [1.82, 2.24) is 5.32 Å². The van der Waals surface area contributed by atoms with E-state index >= 15 is 0 Å². The summed E-state index contributed by atoms with van der Waals surface area (Å²) in [5.74, 6) is -0.291. The van der Waals surface area contributed by atoms with E-state index < -0.39 is 32.1 Å². The quantitative estimate of drug-likeness (QED) is 0.121. The Morgan fingerprint density at radius 1 is 0.886 bits per heavy atom. The second kappa shape index (κ2) is 15.0. The number of esters is 1. The maximum absolute atomic E-state index is 13.2. The molecule has 0 aromatic carbocycles. The normalized spacial score (nSPS) is 14.5. The summed E-state index contributed by atoms with van der Waals surface area (Å²) in [6.45, 7) is 24.0. The molecule has 0 aliphatic rings. The summed E-state index contributed by atoms with van der Waals surface area (Å²) < 4.78 is 15.9. The molecule has 0 heterocycles. The van der Waals surface area contributed by atoms with Crippen LogP contribution in [0.2, 0.25) is 31.4 Å². The summed E-state index contributed by atoms with van der Waals surface area (Å²) in [5, 5.41) is 3.38. The fourth-order valence-electron chi connectivity index (χ4n) is 4.59. The summed E-state index contributed by atoms with van der Waals surface area (Å²) in [6.07, 6.45) is 8.41. The zero-order valence-electron chi connectivity index (χ0n) is 25.2. The summed E-state index contributed by atoms with van der Waals surface area (Å²) >= 11 is -3.12. The molecule has 1 N–H and O–H groups in total. The van der Waals surface area contributed by atoms with E-state index in [1.165, 1.54) is 43.3 Å². The van der Waals surface area contributed by atoms with E-state index in [9.17, 15) is 9.59 Å². The van der Waals surface area contributed by atoms with E-state index in [1.54, 1.807) is 0 Å². The molecule has 0 aliphatic carbocycles. The van der Waals surface area contributed by atoms with Crippen molar-refractivity contribution in [3.63, 3.8) is 0 Å². The van der Waals surface area contributed by atoms with Crippen molar-refractivity contribution in [3.8, 4) is 0 Å². The van der Waals surface area contributed by atoms with E-state index in [0.717, 1.165) is 19.3 Å². The Balaban J connectivity index is 7.15. The van der Waals surface area contributed by atoms with Gasteiger partial charge >= 0.3 is 223 Å². The number of hydrogen-bond acceptors (Lipinski definition) is 4. The molecule has 1 atom stereocenters. The van der Waals surface area contributed by atoms with Gasteiger partial charge < -0.3 is 0 Å². The fraction of sp³-hybridized carbons (Fsp3) is 0.857. The molecular formula is C28H57NO4SiSn. The molecule has 5 nitrogen and oxygen atoms in total. The molecule has 0 spiro atoms. The molecule has 0 aromatic heterocycles. The van der Waals surface area contributed by atoms with E-state index in [1.807, 2.05) is 26.8 Å². The molecular weight excluding hydrogens is 561 g/mol. The Kier molecular flexibility index (Phi) is 14.8. The summed E-state index contributed by atoms with van der Waals surface area (Å²) in [5.41, 5.74) is -0.737. The molecule has 206 valence electrons. The molecule has 0 aliphatic heterocycles. The van der Waals surface area contributed by atoms with Crippen LogP contribution in [0.4, 0.5) is 4.79 Å². The number of unbranched alkanes of at least 4 members (excludes halogenated alkanes) is 3. The third-order valence-electron chi connectivity index (χ3n) is 7.74. The summed E-state index contributed by atoms with van der Waals surface area (Å²) in [4.78, 5) is 26.1. The number of methoxy groups -OCH3 is 1. The number of ether oxygens (including phenoxy) is 2. The van der Waals surface area contributed by atoms with E-state index in [2.05, 4.69) is 60.0 Å². The summed E-state index contributed by atoms with van der Waals surface area (Å²) in [6, 6.07) is 0. The number of alkyl carbamates (subject to hydrolysis) is 1. The number of nitrogens with one attached hydrogen (secondary N) is 1. The molecule has 7 heteroatoms. The molecule has 0 rings (SSSR count). The van der Waals surface area contributed by atoms with Gasteiger partial charge in [0.2, 0.25) is 0 Å². The first-order valence-electron chi connectivity index (χ1n) is 13.8. The van der Waals surface area contributed by atoms with Gasteiger partial charge in [-0.1, -0.05) is 0 Å². The zero-order valence-corrected chi connectivity index (χ0v) is 29.0. The van der Waals surface area contributed by atoms with Crippen molar-refractivity contribution >= 4 is 38.5 Å². The SMILES string of the molecule is CCC[CH2][Sn]([CH2]CCC)([CH2]CCC)/[C](=C\C(=O)OC)[C@@H](NC(=O)OC(C)(C)C)[Si](C)(C)C(C)(C)C. The molecule has 35 heavy (non-hydrogen) atoms. The number of carbonyl (C=O) groups excluding carboxylic acids is 2. The first-order chi connectivity index (χ1) is 16.0. The van der Waals surface area contributed by atoms with Crippen LogP contribution in [0.3, 0.4) is 0 Å². The van der Waals surface area contributed by atoms with Crippen molar-refractivity contribution in [1.29, 1.82) is 0 Å². The first-order valence-corrected chi connectivity index (χ1v) is 24.4. The average molecular weight is 619 g/mol. The number of hydrogen-bond donors (Lipinski definition) is 1. The molecule has 0 saturated heterocycles. The van der Waals surface area contributed by atoms with Gasteiger partial charge in [-0.25, -0.2) is 0 Å². The maximum atomic E-state index is 13.2. The van der Waals surface area contributed by atoms with Crippen LogP contribution in [0, 0.1) is 0 Å². The average Bonchev–Trinajstić information content (AvgIpc) is 2.73. The van der Waals surface area contributed by atoms with Crippen molar-refractivity contribution in [2.24, 2.45) is 0 Å². The van der Waals surface area contributed by atoms with E-state index in [-0.39, 0.29) is 22.8 Å². The Bertz CT molecular complexity index is 670. The number of carbonyl (C=O) groups is 2. The van der Waals surface area contributed by atoms with Crippen molar-refractivity contribution < 1.29 is 19.1 Å². The van der Waals surface area contributed by atoms with Crippen LogP contribution >= 0.6 is 0 Å². The van der Waals surface area contributed by atoms with Crippen molar-refractivity contribution in [2.45, 2.75) is 144 Å². The minimum absolute atomic E-state index is 0.0137. The van der Waals surface area contributed by atoms with Gasteiger partial charge in [0.15, 0.2) is 0 Å². The Hall–Kier alpha value is -0.504. The Morgan fingerprint density at radius 2 is 1.31 bits per heavy atom. The van der Waals surface area contributed by atoms with Crippen LogP contribution in [0.15, 0.2) is 9.67 Å². The molecule has 0 fully saturated rings. The Labute approximate surface area is 222 Å². The Morgan fingerprint density at radius 3 is 1.63 bits per heavy atom. The van der Waals surface area contributed by atoms with E-state index in [0.29, 0.717) is 0 Å². The second-order valence-corrected chi connectivity index (χ2v) is 31.5. The van der Waals surface area contributed by atoms with Crippen LogP contribution in [-0.4, -0.2) is 56.9 Å². The molecule has 1 amide bonds. The third-order valence-corrected chi connectivity index (χ3v) is 30.3. The number of rotatable bonds is 14. The molecule has 0 aromatic rings.